The van der Waals surface area contributed by atoms with Crippen LogP contribution in [0.1, 0.15) is 27.2 Å². The van der Waals surface area contributed by atoms with Gasteiger partial charge in [0.1, 0.15) is 11.1 Å². The Kier molecular flexibility index (Phi) is 5.12. The number of pyridine rings is 1. The van der Waals surface area contributed by atoms with Crippen LogP contribution in [0.2, 0.25) is 10.3 Å². The monoisotopic (exact) mass is 397 g/mol. The number of anilines is 1. The molecule has 0 spiro atoms. The molecule has 0 saturated carbocycles. The minimum Gasteiger partial charge on any atom is -0.444 e. The molecule has 1 unspecified atom stereocenters. The van der Waals surface area contributed by atoms with Crippen LogP contribution in [0.4, 0.5) is 10.6 Å². The van der Waals surface area contributed by atoms with Crippen molar-refractivity contribution < 1.29 is 9.53 Å². The minimum absolute atomic E-state index is 0.0148. The number of ether oxygens (including phenoxy) is 1. The summed E-state index contributed by atoms with van der Waals surface area (Å²) < 4.78 is 5.45. The third kappa shape index (κ3) is 4.10. The standard InChI is InChI=1S/C17H21Cl2N5O2/c1-17(2,3)26-16(25)23(4)11-5-6-24(9-11)14-13-12(21-15(19)22-14)7-10(18)8-20-13/h7-8,11H,5-6,9H2,1-4H3. The van der Waals surface area contributed by atoms with Crippen molar-refractivity contribution in [3.05, 3.63) is 22.6 Å². The highest BCUT2D eigenvalue weighted by Crippen LogP contribution is 2.29. The van der Waals surface area contributed by atoms with E-state index < -0.39 is 5.60 Å². The smallest absolute Gasteiger partial charge is 0.410 e. The van der Waals surface area contributed by atoms with Gasteiger partial charge in [0, 0.05) is 26.3 Å². The van der Waals surface area contributed by atoms with Crippen LogP contribution in [0.25, 0.3) is 11.0 Å². The molecule has 3 heterocycles. The number of carbonyl (C=O) groups excluding carboxylic acids is 1. The van der Waals surface area contributed by atoms with Crippen LogP contribution in [0.3, 0.4) is 0 Å². The normalized spacial score (nSPS) is 17.6. The Labute approximate surface area is 162 Å². The van der Waals surface area contributed by atoms with Crippen LogP contribution in [-0.4, -0.2) is 57.7 Å². The second-order valence-corrected chi connectivity index (χ2v) is 8.09. The van der Waals surface area contributed by atoms with Crippen molar-refractivity contribution in [1.29, 1.82) is 0 Å². The number of rotatable bonds is 2. The predicted molar refractivity (Wildman–Crippen MR) is 102 cm³/mol. The first kappa shape index (κ1) is 18.9. The second kappa shape index (κ2) is 7.04. The molecule has 2 aromatic heterocycles. The fraction of sp³-hybridized carbons (Fsp3) is 0.529. The summed E-state index contributed by atoms with van der Waals surface area (Å²) in [5.74, 6) is 0.650. The molecule has 0 N–H and O–H groups in total. The fourth-order valence-corrected chi connectivity index (χ4v) is 3.23. The Balaban J connectivity index is 1.81. The Morgan fingerprint density at radius 1 is 1.35 bits per heavy atom. The van der Waals surface area contributed by atoms with Gasteiger partial charge < -0.3 is 14.5 Å². The van der Waals surface area contributed by atoms with Crippen LogP contribution in [0.15, 0.2) is 12.3 Å². The van der Waals surface area contributed by atoms with Gasteiger partial charge in [-0.25, -0.2) is 14.8 Å². The summed E-state index contributed by atoms with van der Waals surface area (Å²) in [5, 5.41) is 0.627. The Morgan fingerprint density at radius 2 is 2.08 bits per heavy atom. The number of carbonyl (C=O) groups is 1. The van der Waals surface area contributed by atoms with E-state index in [0.29, 0.717) is 28.4 Å². The quantitative estimate of drug-likeness (QED) is 0.717. The van der Waals surface area contributed by atoms with Crippen molar-refractivity contribution in [2.24, 2.45) is 0 Å². The van der Waals surface area contributed by atoms with Gasteiger partial charge >= 0.3 is 6.09 Å². The second-order valence-electron chi connectivity index (χ2n) is 7.32. The average Bonchev–Trinajstić information content (AvgIpc) is 3.00. The van der Waals surface area contributed by atoms with Crippen LogP contribution in [0, 0.1) is 0 Å². The summed E-state index contributed by atoms with van der Waals surface area (Å²) in [6.45, 7) is 6.90. The molecule has 7 nitrogen and oxygen atoms in total. The van der Waals surface area contributed by atoms with Gasteiger partial charge in [0.05, 0.1) is 16.6 Å². The average molecular weight is 398 g/mol. The lowest BCUT2D eigenvalue weighted by atomic mass is 10.2. The lowest BCUT2D eigenvalue weighted by molar-refractivity contribution is 0.0238. The molecule has 140 valence electrons. The molecule has 1 amide bonds. The number of hydrogen-bond donors (Lipinski definition) is 0. The first-order valence-electron chi connectivity index (χ1n) is 8.33. The van der Waals surface area contributed by atoms with Crippen molar-refractivity contribution >= 4 is 46.1 Å². The number of likely N-dealkylation sites (N-methyl/N-ethyl adjacent to an activating group) is 1. The fourth-order valence-electron chi connectivity index (χ4n) is 2.90. The van der Waals surface area contributed by atoms with Crippen LogP contribution in [-0.2, 0) is 4.74 Å². The zero-order chi connectivity index (χ0) is 19.1. The summed E-state index contributed by atoms with van der Waals surface area (Å²) >= 11 is 12.1. The van der Waals surface area contributed by atoms with Gasteiger partial charge in [0.2, 0.25) is 5.28 Å². The highest BCUT2D eigenvalue weighted by Gasteiger charge is 2.32. The summed E-state index contributed by atoms with van der Waals surface area (Å²) in [6, 6.07) is 1.72. The van der Waals surface area contributed by atoms with E-state index in [1.807, 2.05) is 20.8 Å². The zero-order valence-electron chi connectivity index (χ0n) is 15.2. The van der Waals surface area contributed by atoms with E-state index >= 15 is 0 Å². The van der Waals surface area contributed by atoms with Crippen LogP contribution < -0.4 is 4.90 Å². The number of aromatic nitrogens is 3. The van der Waals surface area contributed by atoms with Gasteiger partial charge in [0.15, 0.2) is 5.82 Å². The summed E-state index contributed by atoms with van der Waals surface area (Å²) in [4.78, 5) is 28.9. The van der Waals surface area contributed by atoms with Gasteiger partial charge in [-0.2, -0.15) is 4.98 Å². The molecule has 3 rings (SSSR count). The summed E-state index contributed by atoms with van der Waals surface area (Å²) in [5.41, 5.74) is 0.708. The molecule has 0 bridgehead atoms. The lowest BCUT2D eigenvalue weighted by Gasteiger charge is -2.28. The van der Waals surface area contributed by atoms with E-state index in [1.54, 1.807) is 24.2 Å². The number of fused-ring (bicyclic) bond motifs is 1. The number of hydrogen-bond acceptors (Lipinski definition) is 6. The molecular formula is C17H21Cl2N5O2. The molecular weight excluding hydrogens is 377 g/mol. The predicted octanol–water partition coefficient (Wildman–Crippen LogP) is 3.78. The highest BCUT2D eigenvalue weighted by atomic mass is 35.5. The maximum absolute atomic E-state index is 12.3. The molecule has 1 aliphatic rings. The van der Waals surface area contributed by atoms with Crippen molar-refractivity contribution in [2.75, 3.05) is 25.0 Å². The first-order chi connectivity index (χ1) is 12.1. The van der Waals surface area contributed by atoms with Crippen LogP contribution in [0.5, 0.6) is 0 Å². The molecule has 26 heavy (non-hydrogen) atoms. The molecule has 1 atom stereocenters. The number of nitrogens with zero attached hydrogens (tertiary/aromatic N) is 5. The lowest BCUT2D eigenvalue weighted by Crippen LogP contribution is -2.42. The molecule has 0 radical (unpaired) electrons. The minimum atomic E-state index is -0.525. The van der Waals surface area contributed by atoms with Crippen molar-refractivity contribution in [3.8, 4) is 0 Å². The highest BCUT2D eigenvalue weighted by molar-refractivity contribution is 6.31. The van der Waals surface area contributed by atoms with E-state index in [-0.39, 0.29) is 17.4 Å². The molecule has 0 aliphatic carbocycles. The van der Waals surface area contributed by atoms with Crippen molar-refractivity contribution in [3.63, 3.8) is 0 Å². The van der Waals surface area contributed by atoms with E-state index in [2.05, 4.69) is 19.9 Å². The largest absolute Gasteiger partial charge is 0.444 e. The van der Waals surface area contributed by atoms with Gasteiger partial charge in [-0.3, -0.25) is 0 Å². The summed E-state index contributed by atoms with van der Waals surface area (Å²) in [7, 11) is 1.76. The van der Waals surface area contributed by atoms with Gasteiger partial charge in [-0.05, 0) is 44.9 Å². The Bertz CT molecular complexity index is 834. The van der Waals surface area contributed by atoms with E-state index in [0.717, 1.165) is 13.0 Å². The zero-order valence-corrected chi connectivity index (χ0v) is 16.7. The first-order valence-corrected chi connectivity index (χ1v) is 9.09. The molecule has 1 saturated heterocycles. The van der Waals surface area contributed by atoms with Gasteiger partial charge in [-0.1, -0.05) is 11.6 Å². The van der Waals surface area contributed by atoms with Crippen molar-refractivity contribution in [2.45, 2.75) is 38.8 Å². The molecule has 0 aromatic carbocycles. The third-order valence-corrected chi connectivity index (χ3v) is 4.52. The molecule has 2 aromatic rings. The molecule has 9 heteroatoms. The maximum atomic E-state index is 12.3. The summed E-state index contributed by atoms with van der Waals surface area (Å²) in [6.07, 6.45) is 2.03. The third-order valence-electron chi connectivity index (χ3n) is 4.15. The number of halogens is 2. The topological polar surface area (TPSA) is 71.5 Å². The van der Waals surface area contributed by atoms with Crippen LogP contribution >= 0.6 is 23.2 Å². The van der Waals surface area contributed by atoms with Gasteiger partial charge in [-0.15, -0.1) is 0 Å². The maximum Gasteiger partial charge on any atom is 0.410 e. The SMILES string of the molecule is CN(C(=O)OC(C)(C)C)C1CCN(c2nc(Cl)nc3cc(Cl)cnc23)C1. The number of amides is 1. The Hall–Kier alpha value is -1.86. The van der Waals surface area contributed by atoms with E-state index in [9.17, 15) is 4.79 Å². The Morgan fingerprint density at radius 3 is 2.77 bits per heavy atom. The molecule has 1 aliphatic heterocycles. The van der Waals surface area contributed by atoms with E-state index in [4.69, 9.17) is 27.9 Å². The van der Waals surface area contributed by atoms with Crippen molar-refractivity contribution in [1.82, 2.24) is 19.9 Å². The molecule has 1 fully saturated rings. The van der Waals surface area contributed by atoms with E-state index in [1.165, 1.54) is 0 Å². The van der Waals surface area contributed by atoms with Gasteiger partial charge in [0.25, 0.3) is 0 Å².